The molecule has 1 heterocycles. The van der Waals surface area contributed by atoms with Crippen molar-refractivity contribution in [3.63, 3.8) is 0 Å². The molecule has 12 heavy (non-hydrogen) atoms. The summed E-state index contributed by atoms with van der Waals surface area (Å²) < 4.78 is 0. The van der Waals surface area contributed by atoms with Gasteiger partial charge in [-0.3, -0.25) is 4.98 Å². The summed E-state index contributed by atoms with van der Waals surface area (Å²) in [7, 11) is 0. The molecule has 0 amide bonds. The van der Waals surface area contributed by atoms with Crippen molar-refractivity contribution in [1.29, 1.82) is 0 Å². The zero-order chi connectivity index (χ0) is 8.55. The van der Waals surface area contributed by atoms with Crippen LogP contribution in [0.1, 0.15) is 30.0 Å². The van der Waals surface area contributed by atoms with Gasteiger partial charge >= 0.3 is 0 Å². The number of hydrogen-bond acceptors (Lipinski definition) is 2. The maximum atomic E-state index is 6.07. The summed E-state index contributed by atoms with van der Waals surface area (Å²) in [6.07, 6.45) is 6.30. The second-order valence-corrected chi connectivity index (χ2v) is 3.60. The van der Waals surface area contributed by atoms with Crippen LogP contribution >= 0.6 is 0 Å². The standard InChI is InChI=1S/C10H14N2/c1-7-6-12-5-4-9(7)10(11)8-2-3-8/h4-6,8,10H,2-3,11H2,1H3. The van der Waals surface area contributed by atoms with Gasteiger partial charge in [-0.05, 0) is 42.9 Å². The third-order valence-corrected chi connectivity index (χ3v) is 2.55. The Balaban J connectivity index is 2.25. The molecular weight excluding hydrogens is 148 g/mol. The molecule has 0 spiro atoms. The number of aryl methyl sites for hydroxylation is 1. The quantitative estimate of drug-likeness (QED) is 0.720. The average Bonchev–Trinajstić information content (AvgIpc) is 2.86. The van der Waals surface area contributed by atoms with Gasteiger partial charge in [0.25, 0.3) is 0 Å². The van der Waals surface area contributed by atoms with Gasteiger partial charge in [-0.2, -0.15) is 0 Å². The highest BCUT2D eigenvalue weighted by atomic mass is 14.7. The van der Waals surface area contributed by atoms with E-state index in [0.29, 0.717) is 0 Å². The highest BCUT2D eigenvalue weighted by Crippen LogP contribution is 2.39. The van der Waals surface area contributed by atoms with Gasteiger partial charge in [-0.1, -0.05) is 0 Å². The number of rotatable bonds is 2. The zero-order valence-electron chi connectivity index (χ0n) is 7.33. The van der Waals surface area contributed by atoms with Gasteiger partial charge < -0.3 is 5.73 Å². The van der Waals surface area contributed by atoms with Crippen LogP contribution in [0.15, 0.2) is 18.5 Å². The number of pyridine rings is 1. The highest BCUT2D eigenvalue weighted by Gasteiger charge is 2.29. The summed E-state index contributed by atoms with van der Waals surface area (Å²) >= 11 is 0. The Morgan fingerprint density at radius 1 is 1.58 bits per heavy atom. The van der Waals surface area contributed by atoms with E-state index in [1.807, 2.05) is 18.5 Å². The average molecular weight is 162 g/mol. The van der Waals surface area contributed by atoms with Crippen LogP contribution in [0, 0.1) is 12.8 Å². The van der Waals surface area contributed by atoms with Gasteiger partial charge in [0.1, 0.15) is 0 Å². The van der Waals surface area contributed by atoms with Gasteiger partial charge in [0.2, 0.25) is 0 Å². The Bertz CT molecular complexity index is 279. The number of nitrogens with two attached hydrogens (primary N) is 1. The smallest absolute Gasteiger partial charge is 0.0327 e. The van der Waals surface area contributed by atoms with Crippen LogP contribution in [0.4, 0.5) is 0 Å². The minimum atomic E-state index is 0.244. The van der Waals surface area contributed by atoms with Crippen molar-refractivity contribution in [1.82, 2.24) is 4.98 Å². The largest absolute Gasteiger partial charge is 0.324 e. The molecule has 0 aliphatic heterocycles. The van der Waals surface area contributed by atoms with E-state index < -0.39 is 0 Å². The molecule has 1 saturated carbocycles. The Labute approximate surface area is 72.8 Å². The molecule has 64 valence electrons. The number of hydrogen-bond donors (Lipinski definition) is 1. The van der Waals surface area contributed by atoms with Gasteiger partial charge in [0.15, 0.2) is 0 Å². The summed E-state index contributed by atoms with van der Waals surface area (Å²) in [5, 5.41) is 0. The molecule has 1 atom stereocenters. The normalized spacial score (nSPS) is 19.2. The van der Waals surface area contributed by atoms with Crippen LogP contribution in [-0.4, -0.2) is 4.98 Å². The van der Waals surface area contributed by atoms with Crippen molar-refractivity contribution in [3.8, 4) is 0 Å². The molecule has 1 aliphatic rings. The minimum Gasteiger partial charge on any atom is -0.324 e. The van der Waals surface area contributed by atoms with E-state index in [4.69, 9.17) is 5.73 Å². The molecule has 0 bridgehead atoms. The van der Waals surface area contributed by atoms with Crippen molar-refractivity contribution in [3.05, 3.63) is 29.6 Å². The van der Waals surface area contributed by atoms with E-state index in [1.165, 1.54) is 24.0 Å². The Hall–Kier alpha value is -0.890. The molecular formula is C10H14N2. The fourth-order valence-electron chi connectivity index (χ4n) is 1.57. The van der Waals surface area contributed by atoms with E-state index in [-0.39, 0.29) is 6.04 Å². The zero-order valence-corrected chi connectivity index (χ0v) is 7.33. The predicted molar refractivity (Wildman–Crippen MR) is 48.6 cm³/mol. The van der Waals surface area contributed by atoms with Crippen LogP contribution in [-0.2, 0) is 0 Å². The third-order valence-electron chi connectivity index (χ3n) is 2.55. The first-order chi connectivity index (χ1) is 5.79. The fraction of sp³-hybridized carbons (Fsp3) is 0.500. The molecule has 1 unspecified atom stereocenters. The molecule has 0 saturated heterocycles. The Morgan fingerprint density at radius 2 is 2.33 bits per heavy atom. The molecule has 2 nitrogen and oxygen atoms in total. The first-order valence-electron chi connectivity index (χ1n) is 4.45. The summed E-state index contributed by atoms with van der Waals surface area (Å²) in [6, 6.07) is 2.28. The van der Waals surface area contributed by atoms with Gasteiger partial charge in [-0.15, -0.1) is 0 Å². The molecule has 0 aromatic carbocycles. The van der Waals surface area contributed by atoms with Crippen LogP contribution in [0.3, 0.4) is 0 Å². The number of aromatic nitrogens is 1. The van der Waals surface area contributed by atoms with Gasteiger partial charge in [0, 0.05) is 18.4 Å². The molecule has 2 heteroatoms. The van der Waals surface area contributed by atoms with Crippen LogP contribution in [0.25, 0.3) is 0 Å². The lowest BCUT2D eigenvalue weighted by Crippen LogP contribution is -2.13. The number of nitrogens with zero attached hydrogens (tertiary/aromatic N) is 1. The molecule has 1 fully saturated rings. The van der Waals surface area contributed by atoms with Gasteiger partial charge in [0.05, 0.1) is 0 Å². The summed E-state index contributed by atoms with van der Waals surface area (Å²) in [6.45, 7) is 2.07. The summed E-state index contributed by atoms with van der Waals surface area (Å²) in [5.41, 5.74) is 8.56. The molecule has 2 N–H and O–H groups in total. The monoisotopic (exact) mass is 162 g/mol. The van der Waals surface area contributed by atoms with Crippen molar-refractivity contribution in [2.45, 2.75) is 25.8 Å². The van der Waals surface area contributed by atoms with Crippen LogP contribution in [0.2, 0.25) is 0 Å². The molecule has 1 aliphatic carbocycles. The van der Waals surface area contributed by atoms with Gasteiger partial charge in [-0.25, -0.2) is 0 Å². The van der Waals surface area contributed by atoms with Crippen LogP contribution < -0.4 is 5.73 Å². The second-order valence-electron chi connectivity index (χ2n) is 3.60. The SMILES string of the molecule is Cc1cnccc1C(N)C1CC1. The van der Waals surface area contributed by atoms with E-state index in [2.05, 4.69) is 11.9 Å². The summed E-state index contributed by atoms with van der Waals surface area (Å²) in [4.78, 5) is 4.05. The molecule has 2 rings (SSSR count). The fourth-order valence-corrected chi connectivity index (χ4v) is 1.57. The lowest BCUT2D eigenvalue weighted by molar-refractivity contribution is 0.628. The molecule has 0 radical (unpaired) electrons. The Morgan fingerprint density at radius 3 is 2.92 bits per heavy atom. The van der Waals surface area contributed by atoms with Crippen molar-refractivity contribution in [2.75, 3.05) is 0 Å². The predicted octanol–water partition coefficient (Wildman–Crippen LogP) is 1.80. The van der Waals surface area contributed by atoms with Crippen molar-refractivity contribution in [2.24, 2.45) is 11.7 Å². The Kier molecular flexibility index (Phi) is 1.85. The van der Waals surface area contributed by atoms with E-state index in [1.54, 1.807) is 0 Å². The minimum absolute atomic E-state index is 0.244. The molecule has 1 aromatic heterocycles. The van der Waals surface area contributed by atoms with E-state index >= 15 is 0 Å². The van der Waals surface area contributed by atoms with E-state index in [9.17, 15) is 0 Å². The van der Waals surface area contributed by atoms with E-state index in [0.717, 1.165) is 5.92 Å². The second kappa shape index (κ2) is 2.87. The first kappa shape index (κ1) is 7.74. The lowest BCUT2D eigenvalue weighted by atomic mass is 10.0. The summed E-state index contributed by atoms with van der Waals surface area (Å²) in [5.74, 6) is 0.728. The lowest BCUT2D eigenvalue weighted by Gasteiger charge is -2.12. The highest BCUT2D eigenvalue weighted by molar-refractivity contribution is 5.26. The van der Waals surface area contributed by atoms with Crippen molar-refractivity contribution < 1.29 is 0 Å². The third kappa shape index (κ3) is 1.34. The molecule has 1 aromatic rings. The van der Waals surface area contributed by atoms with Crippen molar-refractivity contribution >= 4 is 0 Å². The maximum absolute atomic E-state index is 6.07. The van der Waals surface area contributed by atoms with Crippen LogP contribution in [0.5, 0.6) is 0 Å². The maximum Gasteiger partial charge on any atom is 0.0327 e. The topological polar surface area (TPSA) is 38.9 Å². The first-order valence-corrected chi connectivity index (χ1v) is 4.45.